The first-order valence-corrected chi connectivity index (χ1v) is 4.86. The van der Waals surface area contributed by atoms with E-state index in [9.17, 15) is 14.4 Å². The lowest BCUT2D eigenvalue weighted by Crippen LogP contribution is -2.44. The number of amides is 3. The summed E-state index contributed by atoms with van der Waals surface area (Å²) in [5.41, 5.74) is 1.62. The zero-order valence-electron chi connectivity index (χ0n) is 8.69. The van der Waals surface area contributed by atoms with Crippen LogP contribution in [0.3, 0.4) is 0 Å². The number of H-pyrrole nitrogens is 1. The second-order valence-electron chi connectivity index (χ2n) is 3.42. The van der Waals surface area contributed by atoms with Crippen molar-refractivity contribution in [2.24, 2.45) is 0 Å². The molecule has 90 valence electrons. The summed E-state index contributed by atoms with van der Waals surface area (Å²) in [5, 5.41) is 12.6. The van der Waals surface area contributed by atoms with Gasteiger partial charge in [0.05, 0.1) is 6.54 Å². The zero-order chi connectivity index (χ0) is 12.4. The molecule has 8 nitrogen and oxygen atoms in total. The first-order chi connectivity index (χ1) is 8.08. The van der Waals surface area contributed by atoms with Crippen LogP contribution in [0.25, 0.3) is 0 Å². The third-order valence-corrected chi connectivity index (χ3v) is 2.23. The Hall–Kier alpha value is -2.51. The molecule has 17 heavy (non-hydrogen) atoms. The predicted octanol–water partition coefficient (Wildman–Crippen LogP) is -1.25. The van der Waals surface area contributed by atoms with Gasteiger partial charge in [0.25, 0.3) is 5.91 Å². The minimum absolute atomic E-state index is 0.0347. The summed E-state index contributed by atoms with van der Waals surface area (Å²) in [7, 11) is 0. The molecule has 1 aromatic rings. The molecule has 0 unspecified atom stereocenters. The fourth-order valence-electron chi connectivity index (χ4n) is 1.36. The van der Waals surface area contributed by atoms with Crippen LogP contribution >= 0.6 is 0 Å². The maximum Gasteiger partial charge on any atom is 0.336 e. The van der Waals surface area contributed by atoms with E-state index >= 15 is 0 Å². The van der Waals surface area contributed by atoms with E-state index in [4.69, 9.17) is 5.11 Å². The lowest BCUT2D eigenvalue weighted by Gasteiger charge is -2.14. The Labute approximate surface area is 95.2 Å². The van der Waals surface area contributed by atoms with Crippen LogP contribution in [-0.4, -0.2) is 40.1 Å². The van der Waals surface area contributed by atoms with Gasteiger partial charge in [0.15, 0.2) is 5.75 Å². The van der Waals surface area contributed by atoms with Crippen LogP contribution in [0.5, 0.6) is 5.75 Å². The van der Waals surface area contributed by atoms with Gasteiger partial charge in [0.2, 0.25) is 5.43 Å². The smallest absolute Gasteiger partial charge is 0.336 e. The lowest BCUT2D eigenvalue weighted by molar-refractivity contribution is 0.0847. The van der Waals surface area contributed by atoms with Gasteiger partial charge in [-0.15, -0.1) is 0 Å². The van der Waals surface area contributed by atoms with Crippen molar-refractivity contribution in [2.75, 3.05) is 13.1 Å². The van der Waals surface area contributed by atoms with Crippen molar-refractivity contribution in [1.82, 2.24) is 20.7 Å². The van der Waals surface area contributed by atoms with Gasteiger partial charge in [-0.1, -0.05) is 0 Å². The average molecular weight is 238 g/mol. The van der Waals surface area contributed by atoms with Crippen LogP contribution in [0.15, 0.2) is 17.1 Å². The first kappa shape index (κ1) is 11.0. The van der Waals surface area contributed by atoms with E-state index in [1.807, 2.05) is 0 Å². The van der Waals surface area contributed by atoms with Gasteiger partial charge in [-0.05, 0) is 0 Å². The molecule has 1 aliphatic heterocycles. The Morgan fingerprint density at radius 3 is 2.82 bits per heavy atom. The minimum atomic E-state index is -0.667. The van der Waals surface area contributed by atoms with Gasteiger partial charge in [0, 0.05) is 18.8 Å². The summed E-state index contributed by atoms with van der Waals surface area (Å²) in [5.74, 6) is -1.10. The molecule has 2 rings (SSSR count). The number of nitrogens with one attached hydrogen (secondary N) is 3. The van der Waals surface area contributed by atoms with Gasteiger partial charge in [-0.25, -0.2) is 9.80 Å². The lowest BCUT2D eigenvalue weighted by atomic mass is 10.3. The van der Waals surface area contributed by atoms with E-state index in [0.717, 1.165) is 17.3 Å². The third-order valence-electron chi connectivity index (χ3n) is 2.23. The van der Waals surface area contributed by atoms with E-state index in [-0.39, 0.29) is 5.69 Å². The molecule has 0 bridgehead atoms. The standard InChI is InChI=1S/C9H10N4O4/c14-6-3-5(11-4-7(6)15)8(16)12-13-2-1-10-9(13)17/h3-4,15H,1-2H2,(H,10,17)(H,11,14)(H,12,16). The van der Waals surface area contributed by atoms with E-state index in [1.54, 1.807) is 0 Å². The molecule has 2 heterocycles. The average Bonchev–Trinajstić information content (AvgIpc) is 2.68. The Bertz CT molecular complexity index is 524. The fraction of sp³-hybridized carbons (Fsp3) is 0.222. The van der Waals surface area contributed by atoms with Crippen molar-refractivity contribution in [3.8, 4) is 5.75 Å². The molecule has 1 aliphatic rings. The van der Waals surface area contributed by atoms with Crippen LogP contribution in [0, 0.1) is 0 Å². The minimum Gasteiger partial charge on any atom is -0.503 e. The normalized spacial score (nSPS) is 14.6. The van der Waals surface area contributed by atoms with E-state index in [1.165, 1.54) is 0 Å². The molecule has 1 aromatic heterocycles. The summed E-state index contributed by atoms with van der Waals surface area (Å²) < 4.78 is 0. The second kappa shape index (κ2) is 4.16. The number of aromatic hydroxyl groups is 1. The maximum atomic E-state index is 11.6. The van der Waals surface area contributed by atoms with Crippen molar-refractivity contribution >= 4 is 11.9 Å². The van der Waals surface area contributed by atoms with Crippen molar-refractivity contribution in [1.29, 1.82) is 0 Å². The quantitative estimate of drug-likeness (QED) is 0.515. The number of carbonyl (C=O) groups is 2. The summed E-state index contributed by atoms with van der Waals surface area (Å²) in [6, 6.07) is 0.554. The Morgan fingerprint density at radius 1 is 1.47 bits per heavy atom. The highest BCUT2D eigenvalue weighted by Gasteiger charge is 2.22. The summed E-state index contributed by atoms with van der Waals surface area (Å²) in [6.07, 6.45) is 1.02. The van der Waals surface area contributed by atoms with Crippen LogP contribution in [-0.2, 0) is 0 Å². The first-order valence-electron chi connectivity index (χ1n) is 4.86. The third kappa shape index (κ3) is 2.19. The number of hydrogen-bond donors (Lipinski definition) is 4. The number of rotatable bonds is 2. The van der Waals surface area contributed by atoms with Crippen LogP contribution in [0.2, 0.25) is 0 Å². The summed E-state index contributed by atoms with van der Waals surface area (Å²) in [4.78, 5) is 36.3. The molecule has 4 N–H and O–H groups in total. The number of carbonyl (C=O) groups excluding carboxylic acids is 2. The number of aromatic amines is 1. The molecule has 0 spiro atoms. The van der Waals surface area contributed by atoms with Crippen LogP contribution < -0.4 is 16.2 Å². The highest BCUT2D eigenvalue weighted by molar-refractivity contribution is 5.93. The molecule has 1 saturated heterocycles. The Morgan fingerprint density at radius 2 is 2.24 bits per heavy atom. The van der Waals surface area contributed by atoms with E-state index in [0.29, 0.717) is 13.1 Å². The monoisotopic (exact) mass is 238 g/mol. The number of hydrazine groups is 1. The number of hydrogen-bond acceptors (Lipinski definition) is 4. The van der Waals surface area contributed by atoms with Gasteiger partial charge >= 0.3 is 6.03 Å². The summed E-state index contributed by atoms with van der Waals surface area (Å²) in [6.45, 7) is 0.804. The molecule has 0 aliphatic carbocycles. The molecule has 1 fully saturated rings. The number of nitrogens with zero attached hydrogens (tertiary/aromatic N) is 1. The van der Waals surface area contributed by atoms with E-state index in [2.05, 4.69) is 15.7 Å². The molecule has 0 saturated carbocycles. The Kier molecular flexibility index (Phi) is 2.69. The highest BCUT2D eigenvalue weighted by atomic mass is 16.3. The number of pyridine rings is 1. The van der Waals surface area contributed by atoms with Gasteiger partial charge in [0.1, 0.15) is 5.69 Å². The van der Waals surface area contributed by atoms with E-state index < -0.39 is 23.1 Å². The van der Waals surface area contributed by atoms with Crippen LogP contribution in [0.1, 0.15) is 10.5 Å². The molecule has 0 radical (unpaired) electrons. The molecular formula is C9H10N4O4. The molecular weight excluding hydrogens is 228 g/mol. The maximum absolute atomic E-state index is 11.6. The molecule has 3 amide bonds. The summed E-state index contributed by atoms with van der Waals surface area (Å²) >= 11 is 0. The molecule has 0 atom stereocenters. The predicted molar refractivity (Wildman–Crippen MR) is 56.3 cm³/mol. The highest BCUT2D eigenvalue weighted by Crippen LogP contribution is 2.00. The zero-order valence-corrected chi connectivity index (χ0v) is 8.69. The van der Waals surface area contributed by atoms with Crippen molar-refractivity contribution in [3.63, 3.8) is 0 Å². The number of aromatic nitrogens is 1. The van der Waals surface area contributed by atoms with Gasteiger partial charge in [-0.2, -0.15) is 0 Å². The second-order valence-corrected chi connectivity index (χ2v) is 3.42. The van der Waals surface area contributed by atoms with Crippen molar-refractivity contribution < 1.29 is 14.7 Å². The molecule has 0 aromatic carbocycles. The van der Waals surface area contributed by atoms with Gasteiger partial charge in [-0.3, -0.25) is 15.0 Å². The van der Waals surface area contributed by atoms with Crippen LogP contribution in [0.4, 0.5) is 4.79 Å². The van der Waals surface area contributed by atoms with Crippen molar-refractivity contribution in [2.45, 2.75) is 0 Å². The number of urea groups is 1. The largest absolute Gasteiger partial charge is 0.503 e. The van der Waals surface area contributed by atoms with Gasteiger partial charge < -0.3 is 15.4 Å². The SMILES string of the molecule is O=C(NN1CCNC1=O)c1cc(=O)c(O)c[nH]1. The fourth-order valence-corrected chi connectivity index (χ4v) is 1.36. The Balaban J connectivity index is 2.12. The molecule has 8 heteroatoms. The van der Waals surface area contributed by atoms with Crippen molar-refractivity contribution in [3.05, 3.63) is 28.2 Å². The topological polar surface area (TPSA) is 115 Å².